The van der Waals surface area contributed by atoms with Crippen molar-refractivity contribution in [3.63, 3.8) is 0 Å². The summed E-state index contributed by atoms with van der Waals surface area (Å²) in [5.74, 6) is 0. The van der Waals surface area contributed by atoms with Crippen molar-refractivity contribution >= 4 is 21.6 Å². The number of benzene rings is 1. The highest BCUT2D eigenvalue weighted by Crippen LogP contribution is 2.34. The Morgan fingerprint density at radius 3 is 2.85 bits per heavy atom. The fourth-order valence-corrected chi connectivity index (χ4v) is 3.56. The number of hydrogen-bond donors (Lipinski definition) is 1. The molecule has 0 aromatic heterocycles. The third kappa shape index (κ3) is 3.56. The summed E-state index contributed by atoms with van der Waals surface area (Å²) in [5.41, 5.74) is 2.83. The van der Waals surface area contributed by atoms with Gasteiger partial charge >= 0.3 is 0 Å². The van der Waals surface area contributed by atoms with Crippen molar-refractivity contribution in [2.45, 2.75) is 58.0 Å². The lowest BCUT2D eigenvalue weighted by Crippen LogP contribution is -2.35. The van der Waals surface area contributed by atoms with Gasteiger partial charge in [0.05, 0.1) is 0 Å². The minimum Gasteiger partial charge on any atom is -0.368 e. The van der Waals surface area contributed by atoms with Crippen molar-refractivity contribution in [2.75, 3.05) is 18.5 Å². The molecule has 1 heterocycles. The van der Waals surface area contributed by atoms with Crippen LogP contribution in [0.25, 0.3) is 0 Å². The van der Waals surface area contributed by atoms with E-state index in [1.54, 1.807) is 0 Å². The van der Waals surface area contributed by atoms with E-state index in [9.17, 15) is 0 Å². The van der Waals surface area contributed by atoms with E-state index in [0.29, 0.717) is 12.1 Å². The van der Waals surface area contributed by atoms with E-state index in [1.165, 1.54) is 54.4 Å². The van der Waals surface area contributed by atoms with Crippen LogP contribution in [0.3, 0.4) is 0 Å². The van der Waals surface area contributed by atoms with Crippen molar-refractivity contribution in [3.8, 4) is 0 Å². The Labute approximate surface area is 132 Å². The van der Waals surface area contributed by atoms with Gasteiger partial charge in [0, 0.05) is 28.8 Å². The second-order valence-electron chi connectivity index (χ2n) is 5.82. The molecule has 0 aliphatic carbocycles. The molecule has 0 spiro atoms. The molecule has 1 aromatic rings. The van der Waals surface area contributed by atoms with E-state index in [0.717, 1.165) is 0 Å². The van der Waals surface area contributed by atoms with Crippen LogP contribution in [0.2, 0.25) is 0 Å². The Hall–Kier alpha value is -0.540. The van der Waals surface area contributed by atoms with E-state index in [4.69, 9.17) is 0 Å². The van der Waals surface area contributed by atoms with Crippen LogP contribution in [0, 0.1) is 0 Å². The highest BCUT2D eigenvalue weighted by atomic mass is 79.9. The van der Waals surface area contributed by atoms with Crippen molar-refractivity contribution in [1.82, 2.24) is 5.32 Å². The molecule has 2 unspecified atom stereocenters. The molecular weight excluding hydrogens is 312 g/mol. The molecule has 2 rings (SSSR count). The van der Waals surface area contributed by atoms with Crippen LogP contribution in [0.15, 0.2) is 22.7 Å². The first-order valence-electron chi connectivity index (χ1n) is 7.90. The van der Waals surface area contributed by atoms with Gasteiger partial charge in [-0.2, -0.15) is 0 Å². The van der Waals surface area contributed by atoms with Gasteiger partial charge < -0.3 is 10.2 Å². The summed E-state index contributed by atoms with van der Waals surface area (Å²) in [6, 6.07) is 7.80. The summed E-state index contributed by atoms with van der Waals surface area (Å²) in [7, 11) is 2.04. The fourth-order valence-electron chi connectivity index (χ4n) is 3.21. The SMILES string of the molecule is CCC1CCCCCN1c1cc(Br)ccc1C(C)NC. The summed E-state index contributed by atoms with van der Waals surface area (Å²) in [4.78, 5) is 2.65. The van der Waals surface area contributed by atoms with Gasteiger partial charge in [-0.15, -0.1) is 0 Å². The van der Waals surface area contributed by atoms with Crippen molar-refractivity contribution in [1.29, 1.82) is 0 Å². The smallest absolute Gasteiger partial charge is 0.0428 e. The van der Waals surface area contributed by atoms with Crippen LogP contribution < -0.4 is 10.2 Å². The molecule has 1 aliphatic rings. The molecule has 2 nitrogen and oxygen atoms in total. The van der Waals surface area contributed by atoms with Crippen LogP contribution in [0.5, 0.6) is 0 Å². The molecule has 1 aliphatic heterocycles. The lowest BCUT2D eigenvalue weighted by atomic mass is 10.0. The molecule has 1 fully saturated rings. The quantitative estimate of drug-likeness (QED) is 0.840. The average molecular weight is 339 g/mol. The Morgan fingerprint density at radius 2 is 2.15 bits per heavy atom. The van der Waals surface area contributed by atoms with E-state index >= 15 is 0 Å². The maximum absolute atomic E-state index is 3.65. The lowest BCUT2D eigenvalue weighted by Gasteiger charge is -2.34. The topological polar surface area (TPSA) is 15.3 Å². The van der Waals surface area contributed by atoms with Gasteiger partial charge in [0.1, 0.15) is 0 Å². The Morgan fingerprint density at radius 1 is 1.35 bits per heavy atom. The maximum atomic E-state index is 3.65. The van der Waals surface area contributed by atoms with Crippen molar-refractivity contribution in [3.05, 3.63) is 28.2 Å². The predicted molar refractivity (Wildman–Crippen MR) is 91.5 cm³/mol. The third-order valence-electron chi connectivity index (χ3n) is 4.55. The first-order valence-corrected chi connectivity index (χ1v) is 8.70. The number of rotatable bonds is 4. The van der Waals surface area contributed by atoms with Gasteiger partial charge in [-0.05, 0) is 50.9 Å². The lowest BCUT2D eigenvalue weighted by molar-refractivity contribution is 0.550. The average Bonchev–Trinajstić information content (AvgIpc) is 2.71. The van der Waals surface area contributed by atoms with Crippen LogP contribution in [0.4, 0.5) is 5.69 Å². The minimum absolute atomic E-state index is 0.388. The zero-order chi connectivity index (χ0) is 14.5. The van der Waals surface area contributed by atoms with E-state index in [2.05, 4.69) is 58.2 Å². The van der Waals surface area contributed by atoms with Crippen LogP contribution in [-0.2, 0) is 0 Å². The number of hydrogen-bond acceptors (Lipinski definition) is 2. The van der Waals surface area contributed by atoms with Crippen LogP contribution in [-0.4, -0.2) is 19.6 Å². The molecule has 2 atom stereocenters. The molecule has 1 aromatic carbocycles. The summed E-state index contributed by atoms with van der Waals surface area (Å²) in [6.07, 6.45) is 6.63. The van der Waals surface area contributed by atoms with Crippen LogP contribution in [0.1, 0.15) is 57.6 Å². The largest absolute Gasteiger partial charge is 0.368 e. The molecule has 0 radical (unpaired) electrons. The predicted octanol–water partition coefficient (Wildman–Crippen LogP) is 4.89. The maximum Gasteiger partial charge on any atom is 0.0428 e. The van der Waals surface area contributed by atoms with Crippen molar-refractivity contribution in [2.24, 2.45) is 0 Å². The molecule has 3 heteroatoms. The second-order valence-corrected chi connectivity index (χ2v) is 6.73. The molecule has 0 bridgehead atoms. The van der Waals surface area contributed by atoms with Gasteiger partial charge in [0.2, 0.25) is 0 Å². The summed E-state index contributed by atoms with van der Waals surface area (Å²) in [5, 5.41) is 3.39. The number of nitrogens with one attached hydrogen (secondary N) is 1. The molecule has 1 saturated heterocycles. The molecular formula is C17H27BrN2. The second kappa shape index (κ2) is 7.46. The molecule has 20 heavy (non-hydrogen) atoms. The zero-order valence-electron chi connectivity index (χ0n) is 13.0. The highest BCUT2D eigenvalue weighted by Gasteiger charge is 2.23. The summed E-state index contributed by atoms with van der Waals surface area (Å²) >= 11 is 3.65. The first kappa shape index (κ1) is 15.8. The van der Waals surface area contributed by atoms with E-state index in [-0.39, 0.29) is 0 Å². The Bertz CT molecular complexity index is 433. The summed E-state index contributed by atoms with van der Waals surface area (Å²) in [6.45, 7) is 5.76. The molecule has 0 amide bonds. The fraction of sp³-hybridized carbons (Fsp3) is 0.647. The van der Waals surface area contributed by atoms with Gasteiger partial charge in [0.25, 0.3) is 0 Å². The van der Waals surface area contributed by atoms with Gasteiger partial charge in [-0.3, -0.25) is 0 Å². The standard InChI is InChI=1S/C17H27BrN2/c1-4-15-8-6-5-7-11-20(15)17-12-14(18)9-10-16(17)13(2)19-3/h9-10,12-13,15,19H,4-8,11H2,1-3H3. The number of anilines is 1. The molecule has 0 saturated carbocycles. The van der Waals surface area contributed by atoms with E-state index in [1.807, 2.05) is 7.05 Å². The van der Waals surface area contributed by atoms with Crippen LogP contribution >= 0.6 is 15.9 Å². The van der Waals surface area contributed by atoms with Gasteiger partial charge in [-0.25, -0.2) is 0 Å². The zero-order valence-corrected chi connectivity index (χ0v) is 14.5. The highest BCUT2D eigenvalue weighted by molar-refractivity contribution is 9.10. The Kier molecular flexibility index (Phi) is 5.91. The van der Waals surface area contributed by atoms with Gasteiger partial charge in [0.15, 0.2) is 0 Å². The first-order chi connectivity index (χ1) is 9.67. The molecule has 112 valence electrons. The number of nitrogens with zero attached hydrogens (tertiary/aromatic N) is 1. The minimum atomic E-state index is 0.388. The van der Waals surface area contributed by atoms with Crippen molar-refractivity contribution < 1.29 is 0 Å². The summed E-state index contributed by atoms with van der Waals surface area (Å²) < 4.78 is 1.18. The Balaban J connectivity index is 2.39. The third-order valence-corrected chi connectivity index (χ3v) is 5.04. The van der Waals surface area contributed by atoms with E-state index < -0.39 is 0 Å². The number of halogens is 1. The monoisotopic (exact) mass is 338 g/mol. The van der Waals surface area contributed by atoms with Gasteiger partial charge in [-0.1, -0.05) is 41.8 Å². The molecule has 1 N–H and O–H groups in total. The normalized spacial score (nSPS) is 21.6.